The minimum absolute atomic E-state index is 0.194. The van der Waals surface area contributed by atoms with Crippen LogP contribution in [0.3, 0.4) is 0 Å². The molecule has 2 aliphatic rings. The Morgan fingerprint density at radius 3 is 1.85 bits per heavy atom. The molecule has 0 aromatic heterocycles. The Kier molecular flexibility index (Phi) is 7.53. The lowest BCUT2D eigenvalue weighted by molar-refractivity contribution is 0.0719. The van der Waals surface area contributed by atoms with Crippen molar-refractivity contribution < 1.29 is 5.11 Å². The maximum absolute atomic E-state index is 10.4. The second kappa shape index (κ2) is 8.89. The molecule has 0 aromatic carbocycles. The van der Waals surface area contributed by atoms with Gasteiger partial charge in [0.1, 0.15) is 0 Å². The van der Waals surface area contributed by atoms with Crippen molar-refractivity contribution in [1.29, 1.82) is 0 Å². The van der Waals surface area contributed by atoms with Crippen LogP contribution in [0.1, 0.15) is 13.8 Å². The van der Waals surface area contributed by atoms with E-state index in [-0.39, 0.29) is 6.10 Å². The van der Waals surface area contributed by atoms with E-state index in [2.05, 4.69) is 47.2 Å². The summed E-state index contributed by atoms with van der Waals surface area (Å²) in [6.45, 7) is 10.9. The average Bonchev–Trinajstić information content (AvgIpc) is 2.69. The van der Waals surface area contributed by atoms with E-state index in [0.29, 0.717) is 0 Å². The molecule has 0 spiro atoms. The van der Waals surface area contributed by atoms with Crippen molar-refractivity contribution in [2.45, 2.75) is 20.0 Å². The zero-order valence-corrected chi connectivity index (χ0v) is 14.6. The van der Waals surface area contributed by atoms with E-state index in [4.69, 9.17) is 0 Å². The van der Waals surface area contributed by atoms with Crippen LogP contribution in [-0.2, 0) is 0 Å². The Labute approximate surface area is 132 Å². The van der Waals surface area contributed by atoms with E-state index >= 15 is 0 Å². The van der Waals surface area contributed by atoms with Crippen molar-refractivity contribution in [2.24, 2.45) is 11.8 Å². The minimum Gasteiger partial charge on any atom is -0.390 e. The summed E-state index contributed by atoms with van der Waals surface area (Å²) in [5.41, 5.74) is 0. The van der Waals surface area contributed by atoms with Gasteiger partial charge in [0.15, 0.2) is 0 Å². The third kappa shape index (κ3) is 6.14. The van der Waals surface area contributed by atoms with Gasteiger partial charge in [0.2, 0.25) is 0 Å². The highest BCUT2D eigenvalue weighted by Crippen LogP contribution is 2.17. The third-order valence-corrected chi connectivity index (χ3v) is 6.54. The molecule has 2 aliphatic heterocycles. The maximum atomic E-state index is 10.4. The molecule has 0 radical (unpaired) electrons. The van der Waals surface area contributed by atoms with Gasteiger partial charge in [-0.1, -0.05) is 13.8 Å². The van der Waals surface area contributed by atoms with Gasteiger partial charge in [-0.2, -0.15) is 23.5 Å². The molecule has 2 fully saturated rings. The molecule has 2 rings (SSSR count). The normalized spacial score (nSPS) is 32.5. The van der Waals surface area contributed by atoms with Crippen molar-refractivity contribution in [3.05, 3.63) is 0 Å². The fourth-order valence-electron chi connectivity index (χ4n) is 3.11. The number of thioether (sulfide) groups is 2. The molecule has 3 nitrogen and oxygen atoms in total. The van der Waals surface area contributed by atoms with E-state index in [9.17, 15) is 5.11 Å². The number of aliphatic hydroxyl groups is 1. The van der Waals surface area contributed by atoms with Gasteiger partial charge in [-0.25, -0.2) is 0 Å². The van der Waals surface area contributed by atoms with Gasteiger partial charge < -0.3 is 5.11 Å². The maximum Gasteiger partial charge on any atom is 0.0793 e. The second-order valence-electron chi connectivity index (χ2n) is 6.53. The number of β-amino-alcohol motifs (C(OH)–C–C–N with tert-alkyl or cyclic N) is 1. The highest BCUT2D eigenvalue weighted by molar-refractivity contribution is 7.99. The molecule has 2 atom stereocenters. The van der Waals surface area contributed by atoms with Crippen LogP contribution < -0.4 is 0 Å². The number of hydrogen-bond donors (Lipinski definition) is 1. The van der Waals surface area contributed by atoms with Gasteiger partial charge in [-0.15, -0.1) is 0 Å². The van der Waals surface area contributed by atoms with Crippen LogP contribution in [0.25, 0.3) is 0 Å². The minimum atomic E-state index is -0.194. The summed E-state index contributed by atoms with van der Waals surface area (Å²) in [5, 5.41) is 10.4. The SMILES string of the molecule is CC1CSCCN(CC(O)CN2CCSCC(C)C2)C1. The van der Waals surface area contributed by atoms with Gasteiger partial charge in [0, 0.05) is 50.8 Å². The summed E-state index contributed by atoms with van der Waals surface area (Å²) in [7, 11) is 0. The lowest BCUT2D eigenvalue weighted by Crippen LogP contribution is -2.43. The highest BCUT2D eigenvalue weighted by Gasteiger charge is 2.21. The fraction of sp³-hybridized carbons (Fsp3) is 1.00. The Bertz CT molecular complexity index is 255. The van der Waals surface area contributed by atoms with Crippen molar-refractivity contribution in [3.8, 4) is 0 Å². The van der Waals surface area contributed by atoms with Crippen LogP contribution in [0.2, 0.25) is 0 Å². The van der Waals surface area contributed by atoms with E-state index in [1.54, 1.807) is 0 Å². The van der Waals surface area contributed by atoms with Crippen LogP contribution in [-0.4, -0.2) is 83.3 Å². The van der Waals surface area contributed by atoms with Gasteiger partial charge in [0.05, 0.1) is 6.10 Å². The molecule has 0 aliphatic carbocycles. The monoisotopic (exact) mass is 318 g/mol. The molecule has 2 unspecified atom stereocenters. The fourth-order valence-corrected chi connectivity index (χ4v) is 5.23. The Morgan fingerprint density at radius 1 is 0.950 bits per heavy atom. The largest absolute Gasteiger partial charge is 0.390 e. The third-order valence-electron chi connectivity index (χ3n) is 3.99. The summed E-state index contributed by atoms with van der Waals surface area (Å²) in [6.07, 6.45) is -0.194. The van der Waals surface area contributed by atoms with Crippen molar-refractivity contribution >= 4 is 23.5 Å². The molecule has 0 aromatic rings. The Balaban J connectivity index is 1.74. The quantitative estimate of drug-likeness (QED) is 0.852. The summed E-state index contributed by atoms with van der Waals surface area (Å²) < 4.78 is 0. The lowest BCUT2D eigenvalue weighted by atomic mass is 10.1. The van der Waals surface area contributed by atoms with Crippen LogP contribution in [0.5, 0.6) is 0 Å². The van der Waals surface area contributed by atoms with Crippen LogP contribution >= 0.6 is 23.5 Å². The van der Waals surface area contributed by atoms with Crippen molar-refractivity contribution in [3.63, 3.8) is 0 Å². The molecule has 5 heteroatoms. The number of nitrogens with zero attached hydrogens (tertiary/aromatic N) is 2. The summed E-state index contributed by atoms with van der Waals surface area (Å²) >= 11 is 4.11. The molecule has 1 N–H and O–H groups in total. The zero-order valence-electron chi connectivity index (χ0n) is 13.0. The topological polar surface area (TPSA) is 26.7 Å². The van der Waals surface area contributed by atoms with Crippen molar-refractivity contribution in [2.75, 3.05) is 62.3 Å². The molecule has 118 valence electrons. The molecule has 0 amide bonds. The summed E-state index contributed by atoms with van der Waals surface area (Å²) in [6, 6.07) is 0. The first-order chi connectivity index (χ1) is 9.63. The zero-order chi connectivity index (χ0) is 14.4. The molecule has 0 saturated carbocycles. The van der Waals surface area contributed by atoms with Crippen LogP contribution in [0.4, 0.5) is 0 Å². The standard InChI is InChI=1S/C15H30N2OS2/c1-13-7-16(3-5-19-11-13)9-15(18)10-17-4-6-20-12-14(2)8-17/h13-15,18H,3-12H2,1-2H3. The lowest BCUT2D eigenvalue weighted by Gasteiger charge is -2.29. The molecular formula is C15H30N2OS2. The molecular weight excluding hydrogens is 288 g/mol. The smallest absolute Gasteiger partial charge is 0.0793 e. The van der Waals surface area contributed by atoms with Gasteiger partial charge in [0.25, 0.3) is 0 Å². The van der Waals surface area contributed by atoms with Crippen LogP contribution in [0, 0.1) is 11.8 Å². The second-order valence-corrected chi connectivity index (χ2v) is 8.83. The summed E-state index contributed by atoms with van der Waals surface area (Å²) in [4.78, 5) is 4.93. The predicted octanol–water partition coefficient (Wildman–Crippen LogP) is 1.72. The van der Waals surface area contributed by atoms with Gasteiger partial charge in [-0.3, -0.25) is 9.80 Å². The first-order valence-corrected chi connectivity index (χ1v) is 10.2. The molecule has 20 heavy (non-hydrogen) atoms. The first kappa shape index (κ1) is 16.9. The number of rotatable bonds is 4. The van der Waals surface area contributed by atoms with Gasteiger partial charge >= 0.3 is 0 Å². The predicted molar refractivity (Wildman–Crippen MR) is 91.9 cm³/mol. The first-order valence-electron chi connectivity index (χ1n) is 7.91. The number of hydrogen-bond acceptors (Lipinski definition) is 5. The number of aliphatic hydroxyl groups excluding tert-OH is 1. The molecule has 2 saturated heterocycles. The average molecular weight is 319 g/mol. The van der Waals surface area contributed by atoms with E-state index < -0.39 is 0 Å². The molecule has 2 heterocycles. The van der Waals surface area contributed by atoms with E-state index in [0.717, 1.165) is 51.1 Å². The van der Waals surface area contributed by atoms with E-state index in [1.807, 2.05) is 0 Å². The highest BCUT2D eigenvalue weighted by atomic mass is 32.2. The van der Waals surface area contributed by atoms with E-state index in [1.165, 1.54) is 23.0 Å². The Hall–Kier alpha value is 0.580. The molecule has 0 bridgehead atoms. The van der Waals surface area contributed by atoms with Crippen molar-refractivity contribution in [1.82, 2.24) is 9.80 Å². The van der Waals surface area contributed by atoms with Crippen LogP contribution in [0.15, 0.2) is 0 Å². The van der Waals surface area contributed by atoms with Gasteiger partial charge in [-0.05, 0) is 23.3 Å². The summed E-state index contributed by atoms with van der Waals surface area (Å²) in [5.74, 6) is 6.48. The Morgan fingerprint density at radius 2 is 1.40 bits per heavy atom.